The molecule has 2 aromatic rings. The molecule has 1 saturated heterocycles. The predicted octanol–water partition coefficient (Wildman–Crippen LogP) is 2.55. The van der Waals surface area contributed by atoms with Crippen molar-refractivity contribution in [1.82, 2.24) is 20.4 Å². The maximum absolute atomic E-state index is 12.4. The van der Waals surface area contributed by atoms with E-state index in [-0.39, 0.29) is 11.9 Å². The van der Waals surface area contributed by atoms with Gasteiger partial charge in [0.1, 0.15) is 0 Å². The van der Waals surface area contributed by atoms with Crippen molar-refractivity contribution in [3.05, 3.63) is 46.2 Å². The van der Waals surface area contributed by atoms with Crippen molar-refractivity contribution >= 4 is 17.5 Å². The highest BCUT2D eigenvalue weighted by Gasteiger charge is 2.19. The Morgan fingerprint density at radius 3 is 2.62 bits per heavy atom. The third-order valence-corrected chi connectivity index (χ3v) is 4.81. The van der Waals surface area contributed by atoms with Gasteiger partial charge in [0.25, 0.3) is 0 Å². The largest absolute Gasteiger partial charge is 0.353 e. The third-order valence-electron chi connectivity index (χ3n) is 4.55. The van der Waals surface area contributed by atoms with Crippen LogP contribution in [0.3, 0.4) is 0 Å². The van der Waals surface area contributed by atoms with Crippen LogP contribution in [0.2, 0.25) is 5.02 Å². The molecule has 1 fully saturated rings. The van der Waals surface area contributed by atoms with Crippen molar-refractivity contribution < 1.29 is 4.79 Å². The summed E-state index contributed by atoms with van der Waals surface area (Å²) in [5, 5.41) is 11.7. The van der Waals surface area contributed by atoms with Crippen LogP contribution in [0.1, 0.15) is 29.8 Å². The van der Waals surface area contributed by atoms with Crippen LogP contribution < -0.4 is 10.6 Å². The molecule has 3 rings (SSSR count). The zero-order valence-electron chi connectivity index (χ0n) is 14.1. The van der Waals surface area contributed by atoms with Crippen molar-refractivity contribution in [2.45, 2.75) is 39.2 Å². The van der Waals surface area contributed by atoms with Gasteiger partial charge in [-0.1, -0.05) is 11.6 Å². The molecular formula is C18H23ClN4O. The molecule has 2 N–H and O–H groups in total. The maximum Gasteiger partial charge on any atom is 0.224 e. The number of aromatic nitrogens is 2. The fraction of sp³-hybridized carbons (Fsp3) is 0.444. The molecule has 1 aliphatic rings. The van der Waals surface area contributed by atoms with E-state index in [9.17, 15) is 4.79 Å². The van der Waals surface area contributed by atoms with Crippen molar-refractivity contribution in [3.63, 3.8) is 0 Å². The Bertz CT molecular complexity index is 717. The summed E-state index contributed by atoms with van der Waals surface area (Å²) in [6, 6.07) is 7.83. The minimum absolute atomic E-state index is 0.0729. The zero-order valence-corrected chi connectivity index (χ0v) is 14.9. The topological polar surface area (TPSA) is 59.0 Å². The van der Waals surface area contributed by atoms with E-state index in [0.29, 0.717) is 11.4 Å². The van der Waals surface area contributed by atoms with Crippen LogP contribution in [0, 0.1) is 13.8 Å². The summed E-state index contributed by atoms with van der Waals surface area (Å²) in [4.78, 5) is 12.4. The minimum atomic E-state index is 0.0729. The number of rotatable bonds is 4. The standard InChI is InChI=1S/C18H23ClN4O/c1-12-17(11-18(24)21-15-7-9-20-10-8-15)13(2)23(22-12)16-5-3-14(19)4-6-16/h3-6,15,20H,7-11H2,1-2H3,(H,21,24). The molecule has 0 radical (unpaired) electrons. The van der Waals surface area contributed by atoms with Gasteiger partial charge in [0.05, 0.1) is 17.8 Å². The van der Waals surface area contributed by atoms with E-state index in [1.54, 1.807) is 0 Å². The lowest BCUT2D eigenvalue weighted by atomic mass is 10.1. The number of nitrogens with one attached hydrogen (secondary N) is 2. The molecule has 1 aromatic heterocycles. The summed E-state index contributed by atoms with van der Waals surface area (Å²) in [7, 11) is 0. The van der Waals surface area contributed by atoms with Crippen LogP contribution in [-0.2, 0) is 11.2 Å². The summed E-state index contributed by atoms with van der Waals surface area (Å²) < 4.78 is 1.87. The highest BCUT2D eigenvalue weighted by atomic mass is 35.5. The zero-order chi connectivity index (χ0) is 17.1. The number of benzene rings is 1. The third kappa shape index (κ3) is 3.79. The number of piperidine rings is 1. The van der Waals surface area contributed by atoms with Crippen LogP contribution in [0.25, 0.3) is 5.69 Å². The van der Waals surface area contributed by atoms with E-state index in [1.165, 1.54) is 0 Å². The van der Waals surface area contributed by atoms with Crippen molar-refractivity contribution in [3.8, 4) is 5.69 Å². The van der Waals surface area contributed by atoms with E-state index in [0.717, 1.165) is 48.6 Å². The molecule has 0 saturated carbocycles. The number of nitrogens with zero attached hydrogens (tertiary/aromatic N) is 2. The molecule has 2 heterocycles. The molecule has 6 heteroatoms. The smallest absolute Gasteiger partial charge is 0.224 e. The lowest BCUT2D eigenvalue weighted by Crippen LogP contribution is -2.43. The first-order chi connectivity index (χ1) is 11.5. The minimum Gasteiger partial charge on any atom is -0.353 e. The Morgan fingerprint density at radius 1 is 1.29 bits per heavy atom. The molecule has 128 valence electrons. The molecule has 5 nitrogen and oxygen atoms in total. The van der Waals surface area contributed by atoms with Crippen molar-refractivity contribution in [2.24, 2.45) is 0 Å². The second-order valence-electron chi connectivity index (χ2n) is 6.31. The van der Waals surface area contributed by atoms with Gasteiger partial charge in [-0.2, -0.15) is 5.10 Å². The predicted molar refractivity (Wildman–Crippen MR) is 95.8 cm³/mol. The molecular weight excluding hydrogens is 324 g/mol. The SMILES string of the molecule is Cc1nn(-c2ccc(Cl)cc2)c(C)c1CC(=O)NC1CCNCC1. The molecule has 0 atom stereocenters. The Hall–Kier alpha value is -1.85. The van der Waals surface area contributed by atoms with Crippen LogP contribution >= 0.6 is 11.6 Å². The molecule has 1 amide bonds. The fourth-order valence-electron chi connectivity index (χ4n) is 3.17. The highest BCUT2D eigenvalue weighted by Crippen LogP contribution is 2.20. The number of carbonyl (C=O) groups excluding carboxylic acids is 1. The molecule has 1 aliphatic heterocycles. The summed E-state index contributed by atoms with van der Waals surface area (Å²) in [6.07, 6.45) is 2.36. The van der Waals surface area contributed by atoms with Gasteiger partial charge >= 0.3 is 0 Å². The first kappa shape index (κ1) is 17.0. The number of aryl methyl sites for hydroxylation is 1. The molecule has 0 spiro atoms. The monoisotopic (exact) mass is 346 g/mol. The lowest BCUT2D eigenvalue weighted by Gasteiger charge is -2.23. The molecule has 0 aliphatic carbocycles. The first-order valence-corrected chi connectivity index (χ1v) is 8.73. The van der Waals surface area contributed by atoms with E-state index >= 15 is 0 Å². The normalized spacial score (nSPS) is 15.5. The van der Waals surface area contributed by atoms with Gasteiger partial charge in [0.15, 0.2) is 0 Å². The molecule has 24 heavy (non-hydrogen) atoms. The highest BCUT2D eigenvalue weighted by molar-refractivity contribution is 6.30. The van der Waals surface area contributed by atoms with Gasteiger partial charge in [0.2, 0.25) is 5.91 Å². The van der Waals surface area contributed by atoms with Gasteiger partial charge in [0, 0.05) is 22.3 Å². The summed E-state index contributed by atoms with van der Waals surface area (Å²) in [5.74, 6) is 0.0729. The number of hydrogen-bond donors (Lipinski definition) is 2. The number of hydrogen-bond acceptors (Lipinski definition) is 3. The summed E-state index contributed by atoms with van der Waals surface area (Å²) in [5.41, 5.74) is 3.83. The average molecular weight is 347 g/mol. The van der Waals surface area contributed by atoms with Gasteiger partial charge in [-0.3, -0.25) is 4.79 Å². The quantitative estimate of drug-likeness (QED) is 0.894. The first-order valence-electron chi connectivity index (χ1n) is 8.35. The maximum atomic E-state index is 12.4. The second kappa shape index (κ2) is 7.36. The van der Waals surface area contributed by atoms with Crippen molar-refractivity contribution in [1.29, 1.82) is 0 Å². The van der Waals surface area contributed by atoms with Crippen LogP contribution in [-0.4, -0.2) is 34.8 Å². The van der Waals surface area contributed by atoms with Gasteiger partial charge in [-0.05, 0) is 64.0 Å². The van der Waals surface area contributed by atoms with E-state index in [1.807, 2.05) is 42.8 Å². The number of amides is 1. The van der Waals surface area contributed by atoms with Crippen LogP contribution in [0.5, 0.6) is 0 Å². The Kier molecular flexibility index (Phi) is 5.21. The van der Waals surface area contributed by atoms with Gasteiger partial charge < -0.3 is 10.6 Å². The summed E-state index contributed by atoms with van der Waals surface area (Å²) >= 11 is 5.95. The van der Waals surface area contributed by atoms with Crippen LogP contribution in [0.4, 0.5) is 0 Å². The van der Waals surface area contributed by atoms with E-state index in [2.05, 4.69) is 15.7 Å². The van der Waals surface area contributed by atoms with Gasteiger partial charge in [-0.15, -0.1) is 0 Å². The fourth-order valence-corrected chi connectivity index (χ4v) is 3.30. The van der Waals surface area contributed by atoms with Gasteiger partial charge in [-0.25, -0.2) is 4.68 Å². The molecule has 0 bridgehead atoms. The van der Waals surface area contributed by atoms with Crippen LogP contribution in [0.15, 0.2) is 24.3 Å². The van der Waals surface area contributed by atoms with E-state index < -0.39 is 0 Å². The lowest BCUT2D eigenvalue weighted by molar-refractivity contribution is -0.121. The summed E-state index contributed by atoms with van der Waals surface area (Å²) in [6.45, 7) is 5.89. The number of carbonyl (C=O) groups is 1. The molecule has 1 aromatic carbocycles. The molecule has 0 unspecified atom stereocenters. The average Bonchev–Trinajstić information content (AvgIpc) is 2.85. The van der Waals surface area contributed by atoms with Crippen molar-refractivity contribution in [2.75, 3.05) is 13.1 Å². The Labute approximate surface area is 147 Å². The Balaban J connectivity index is 1.74. The second-order valence-corrected chi connectivity index (χ2v) is 6.74. The Morgan fingerprint density at radius 2 is 1.96 bits per heavy atom. The van der Waals surface area contributed by atoms with E-state index in [4.69, 9.17) is 11.6 Å². The number of halogens is 1.